The third-order valence-electron chi connectivity index (χ3n) is 14.3. The molecule has 0 aliphatic carbocycles. The number of fused-ring (bicyclic) bond motifs is 9. The number of rotatable bonds is 9. The summed E-state index contributed by atoms with van der Waals surface area (Å²) < 4.78 is 5.03. The minimum atomic E-state index is 1.04. The van der Waals surface area contributed by atoms with Crippen LogP contribution in [0.2, 0.25) is 0 Å². The normalized spacial score (nSPS) is 11.6. The van der Waals surface area contributed by atoms with Crippen molar-refractivity contribution in [3.05, 3.63) is 273 Å². The summed E-state index contributed by atoms with van der Waals surface area (Å²) in [7, 11) is 0. The van der Waals surface area contributed by atoms with Gasteiger partial charge in [0, 0.05) is 70.8 Å². The lowest BCUT2D eigenvalue weighted by Gasteiger charge is -2.30. The van der Waals surface area contributed by atoms with Crippen LogP contribution in [0.4, 0.5) is 34.1 Å². The third-order valence-corrected chi connectivity index (χ3v) is 15.4. The van der Waals surface area contributed by atoms with Gasteiger partial charge in [0.15, 0.2) is 0 Å². The van der Waals surface area contributed by atoms with Gasteiger partial charge in [-0.25, -0.2) is 0 Å². The van der Waals surface area contributed by atoms with Crippen LogP contribution in [0.15, 0.2) is 273 Å². The molecule has 0 spiro atoms. The molecule has 4 heteroatoms. The minimum Gasteiger partial charge on any atom is -0.310 e. The van der Waals surface area contributed by atoms with Gasteiger partial charge >= 0.3 is 0 Å². The van der Waals surface area contributed by atoms with Crippen molar-refractivity contribution in [3.8, 4) is 27.9 Å². The first-order valence-electron chi connectivity index (χ1n) is 24.6. The molecule has 2 aromatic heterocycles. The van der Waals surface area contributed by atoms with E-state index >= 15 is 0 Å². The molecule has 338 valence electrons. The molecule has 0 N–H and O–H groups in total. The Morgan fingerprint density at radius 2 is 0.792 bits per heavy atom. The average molecular weight is 936 g/mol. The summed E-state index contributed by atoms with van der Waals surface area (Å²) in [6.45, 7) is 0. The number of hydrogen-bond donors (Lipinski definition) is 0. The van der Waals surface area contributed by atoms with E-state index < -0.39 is 0 Å². The molecule has 0 fully saturated rings. The number of para-hydroxylation sites is 4. The van der Waals surface area contributed by atoms with E-state index in [-0.39, 0.29) is 0 Å². The van der Waals surface area contributed by atoms with Gasteiger partial charge in [0.2, 0.25) is 0 Å². The monoisotopic (exact) mass is 935 g/mol. The van der Waals surface area contributed by atoms with E-state index in [0.29, 0.717) is 0 Å². The molecular weight excluding hydrogens is 891 g/mol. The van der Waals surface area contributed by atoms with Gasteiger partial charge in [-0.05, 0) is 153 Å². The molecule has 12 aromatic carbocycles. The maximum atomic E-state index is 2.43. The lowest BCUT2D eigenvalue weighted by atomic mass is 9.92. The zero-order valence-corrected chi connectivity index (χ0v) is 40.0. The van der Waals surface area contributed by atoms with Gasteiger partial charge in [-0.1, -0.05) is 164 Å². The molecule has 0 aliphatic heterocycles. The van der Waals surface area contributed by atoms with Crippen LogP contribution >= 0.6 is 11.3 Å². The molecule has 2 heterocycles. The fraction of sp³-hybridized carbons (Fsp3) is 0. The zero-order chi connectivity index (χ0) is 47.5. The van der Waals surface area contributed by atoms with Gasteiger partial charge in [-0.15, -0.1) is 11.3 Å². The third kappa shape index (κ3) is 7.11. The van der Waals surface area contributed by atoms with Gasteiger partial charge in [0.1, 0.15) is 0 Å². The van der Waals surface area contributed by atoms with Crippen molar-refractivity contribution in [1.29, 1.82) is 0 Å². The summed E-state index contributed by atoms with van der Waals surface area (Å²) in [4.78, 5) is 4.84. The van der Waals surface area contributed by atoms with Crippen LogP contribution in [0.5, 0.6) is 0 Å². The summed E-state index contributed by atoms with van der Waals surface area (Å²) in [5, 5.41) is 9.96. The number of benzene rings is 12. The highest BCUT2D eigenvalue weighted by molar-refractivity contribution is 7.25. The van der Waals surface area contributed by atoms with Crippen LogP contribution in [-0.2, 0) is 0 Å². The Kier molecular flexibility index (Phi) is 10.0. The second-order valence-electron chi connectivity index (χ2n) is 18.5. The van der Waals surface area contributed by atoms with Gasteiger partial charge in [0.05, 0.1) is 11.0 Å². The summed E-state index contributed by atoms with van der Waals surface area (Å²) in [6, 6.07) is 100.0. The van der Waals surface area contributed by atoms with Crippen molar-refractivity contribution in [2.75, 3.05) is 9.80 Å². The van der Waals surface area contributed by atoms with Gasteiger partial charge in [0.25, 0.3) is 0 Å². The Labute approximate surface area is 422 Å². The fourth-order valence-corrected chi connectivity index (χ4v) is 12.1. The van der Waals surface area contributed by atoms with Crippen LogP contribution in [0.1, 0.15) is 0 Å². The second-order valence-corrected chi connectivity index (χ2v) is 19.6. The fourth-order valence-electron chi connectivity index (χ4n) is 11.0. The van der Waals surface area contributed by atoms with Crippen molar-refractivity contribution in [2.45, 2.75) is 0 Å². The number of thiophene rings is 1. The highest BCUT2D eigenvalue weighted by atomic mass is 32.1. The van der Waals surface area contributed by atoms with E-state index in [1.807, 2.05) is 11.3 Å². The van der Waals surface area contributed by atoms with Gasteiger partial charge < -0.3 is 14.4 Å². The molecule has 0 amide bonds. The SMILES string of the molecule is c1ccc(N(c2ccc(-c3ccc4sc5ccccc5c4c3)cc2)c2cc(-c3cc4ccccc4c4ccccc34)cc(N(c3ccccc3)c3ccc4c5ccccc5n(-c5ccccc5)c4c3)c2)cc1. The highest BCUT2D eigenvalue weighted by Gasteiger charge is 2.22. The van der Waals surface area contributed by atoms with E-state index in [1.165, 1.54) is 74.7 Å². The molecular formula is C68H45N3S. The van der Waals surface area contributed by atoms with E-state index in [0.717, 1.165) is 50.9 Å². The van der Waals surface area contributed by atoms with E-state index in [4.69, 9.17) is 0 Å². The smallest absolute Gasteiger partial charge is 0.0561 e. The van der Waals surface area contributed by atoms with E-state index in [1.54, 1.807) is 0 Å². The molecule has 0 aliphatic rings. The Morgan fingerprint density at radius 1 is 0.264 bits per heavy atom. The predicted molar refractivity (Wildman–Crippen MR) is 309 cm³/mol. The zero-order valence-electron chi connectivity index (χ0n) is 39.2. The lowest BCUT2D eigenvalue weighted by Crippen LogP contribution is -2.13. The summed E-state index contributed by atoms with van der Waals surface area (Å²) in [6.07, 6.45) is 0. The van der Waals surface area contributed by atoms with Crippen LogP contribution in [0.3, 0.4) is 0 Å². The quantitative estimate of drug-likeness (QED) is 0.134. The maximum Gasteiger partial charge on any atom is 0.0561 e. The number of nitrogens with zero attached hydrogens (tertiary/aromatic N) is 3. The second kappa shape index (κ2) is 17.3. The topological polar surface area (TPSA) is 11.4 Å². The highest BCUT2D eigenvalue weighted by Crippen LogP contribution is 2.47. The molecule has 0 bridgehead atoms. The van der Waals surface area contributed by atoms with Gasteiger partial charge in [-0.2, -0.15) is 0 Å². The maximum absolute atomic E-state index is 2.43. The average Bonchev–Trinajstić information content (AvgIpc) is 3.99. The Bertz CT molecular complexity index is 4330. The van der Waals surface area contributed by atoms with Crippen molar-refractivity contribution < 1.29 is 0 Å². The molecule has 0 unspecified atom stereocenters. The summed E-state index contributed by atoms with van der Waals surface area (Å²) >= 11 is 1.86. The number of hydrogen-bond acceptors (Lipinski definition) is 3. The van der Waals surface area contributed by atoms with E-state index in [2.05, 4.69) is 287 Å². The summed E-state index contributed by atoms with van der Waals surface area (Å²) in [5.74, 6) is 0. The number of anilines is 6. The molecule has 0 saturated carbocycles. The standard InChI is InChI=1S/C68H45N3S/c1-4-19-50(20-5-1)69(53-35-32-46(33-36-53)47-34-39-68-64(42-47)62-29-15-17-31-67(62)72-68)55-40-49(63-43-48-18-10-11-25-57(48)58-26-12-13-27-59(58)63)41-56(44-55)70(51-21-6-2-7-22-51)54-37-38-61-60-28-14-16-30-65(60)71(66(61)45-54)52-23-8-3-9-24-52/h1-45H. The molecule has 14 aromatic rings. The van der Waals surface area contributed by atoms with Crippen molar-refractivity contribution >= 4 is 109 Å². The van der Waals surface area contributed by atoms with Crippen molar-refractivity contribution in [1.82, 2.24) is 4.57 Å². The van der Waals surface area contributed by atoms with Gasteiger partial charge in [-0.3, -0.25) is 0 Å². The molecule has 0 radical (unpaired) electrons. The number of aromatic nitrogens is 1. The van der Waals surface area contributed by atoms with Crippen LogP contribution in [0, 0.1) is 0 Å². The molecule has 3 nitrogen and oxygen atoms in total. The van der Waals surface area contributed by atoms with Crippen molar-refractivity contribution in [2.24, 2.45) is 0 Å². The first kappa shape index (κ1) is 41.7. The Morgan fingerprint density at radius 3 is 1.53 bits per heavy atom. The Balaban J connectivity index is 1.00. The van der Waals surface area contributed by atoms with Crippen molar-refractivity contribution in [3.63, 3.8) is 0 Å². The largest absolute Gasteiger partial charge is 0.310 e. The van der Waals surface area contributed by atoms with Crippen LogP contribution in [0.25, 0.3) is 91.5 Å². The summed E-state index contributed by atoms with van der Waals surface area (Å²) in [5.41, 5.74) is 14.5. The first-order valence-corrected chi connectivity index (χ1v) is 25.4. The molecule has 14 rings (SSSR count). The lowest BCUT2D eigenvalue weighted by molar-refractivity contribution is 1.18. The van der Waals surface area contributed by atoms with Crippen LogP contribution in [-0.4, -0.2) is 4.57 Å². The predicted octanol–water partition coefficient (Wildman–Crippen LogP) is 19.7. The Hall–Kier alpha value is -9.22. The minimum absolute atomic E-state index is 1.04. The molecule has 0 atom stereocenters. The molecule has 72 heavy (non-hydrogen) atoms. The molecule has 0 saturated heterocycles. The first-order chi connectivity index (χ1) is 35.7. The van der Waals surface area contributed by atoms with Crippen LogP contribution < -0.4 is 9.80 Å². The van der Waals surface area contributed by atoms with E-state index in [9.17, 15) is 0 Å².